The van der Waals surface area contributed by atoms with Crippen LogP contribution in [0.25, 0.3) is 0 Å². The molecule has 26 heavy (non-hydrogen) atoms. The van der Waals surface area contributed by atoms with E-state index in [-0.39, 0.29) is 18.3 Å². The average Bonchev–Trinajstić information content (AvgIpc) is 2.62. The molecular weight excluding hydrogens is 346 g/mol. The number of benzene rings is 2. The molecule has 2 heterocycles. The second kappa shape index (κ2) is 7.59. The van der Waals surface area contributed by atoms with Gasteiger partial charge in [-0.3, -0.25) is 0 Å². The molecule has 2 aromatic rings. The van der Waals surface area contributed by atoms with E-state index in [0.29, 0.717) is 12.8 Å². The third kappa shape index (κ3) is 3.90. The normalized spacial score (nSPS) is 25.4. The predicted molar refractivity (Wildman–Crippen MR) is 106 cm³/mol. The van der Waals surface area contributed by atoms with Crippen molar-refractivity contribution >= 4 is 17.3 Å². The largest absolute Gasteiger partial charge is 0.393 e. The van der Waals surface area contributed by atoms with Crippen molar-refractivity contribution in [3.8, 4) is 0 Å². The second-order valence-electron chi connectivity index (χ2n) is 7.61. The number of hydrogen-bond acceptors (Lipinski definition) is 3. The van der Waals surface area contributed by atoms with Gasteiger partial charge in [0.25, 0.3) is 0 Å². The molecule has 3 atom stereocenters. The van der Waals surface area contributed by atoms with Gasteiger partial charge < -0.3 is 15.2 Å². The van der Waals surface area contributed by atoms with Crippen molar-refractivity contribution in [1.82, 2.24) is 0 Å². The molecule has 0 aliphatic carbocycles. The van der Waals surface area contributed by atoms with E-state index in [1.807, 2.05) is 19.1 Å². The van der Waals surface area contributed by atoms with Crippen LogP contribution in [0.5, 0.6) is 0 Å². The van der Waals surface area contributed by atoms with Gasteiger partial charge in [0.15, 0.2) is 0 Å². The molecule has 4 heteroatoms. The van der Waals surface area contributed by atoms with Crippen molar-refractivity contribution in [2.75, 3.05) is 11.9 Å². The molecule has 0 spiro atoms. The Labute approximate surface area is 160 Å². The van der Waals surface area contributed by atoms with Crippen LogP contribution in [0.1, 0.15) is 54.5 Å². The summed E-state index contributed by atoms with van der Waals surface area (Å²) < 4.78 is 6.05. The van der Waals surface area contributed by atoms with Crippen molar-refractivity contribution in [3.05, 3.63) is 63.7 Å². The number of aryl methyl sites for hydroxylation is 1. The van der Waals surface area contributed by atoms with Crippen LogP contribution in [0.4, 0.5) is 5.69 Å². The van der Waals surface area contributed by atoms with E-state index in [9.17, 15) is 5.11 Å². The van der Waals surface area contributed by atoms with Gasteiger partial charge in [-0.1, -0.05) is 35.9 Å². The van der Waals surface area contributed by atoms with E-state index in [1.54, 1.807) is 0 Å². The van der Waals surface area contributed by atoms with Crippen LogP contribution in [0.2, 0.25) is 5.02 Å². The average molecular weight is 372 g/mol. The second-order valence-corrected chi connectivity index (χ2v) is 8.02. The highest BCUT2D eigenvalue weighted by Crippen LogP contribution is 2.34. The molecule has 1 saturated heterocycles. The summed E-state index contributed by atoms with van der Waals surface area (Å²) in [5.41, 5.74) is 6.13. The smallest absolute Gasteiger partial charge is 0.0853 e. The lowest BCUT2D eigenvalue weighted by Crippen LogP contribution is -2.29. The number of ether oxygens (including phenoxy) is 1. The molecule has 3 unspecified atom stereocenters. The van der Waals surface area contributed by atoms with E-state index in [1.165, 1.54) is 23.2 Å². The van der Waals surface area contributed by atoms with Gasteiger partial charge >= 0.3 is 0 Å². The molecule has 0 radical (unpaired) electrons. The maximum atomic E-state index is 10.1. The Bertz CT molecular complexity index is 782. The molecule has 138 valence electrons. The topological polar surface area (TPSA) is 41.5 Å². The summed E-state index contributed by atoms with van der Waals surface area (Å²) in [6.45, 7) is 3.07. The minimum absolute atomic E-state index is 0.0602. The van der Waals surface area contributed by atoms with E-state index in [4.69, 9.17) is 16.3 Å². The molecule has 0 amide bonds. The summed E-state index contributed by atoms with van der Waals surface area (Å²) in [6.07, 6.45) is 4.23. The number of anilines is 1. The minimum atomic E-state index is -0.297. The molecule has 2 aromatic carbocycles. The van der Waals surface area contributed by atoms with Gasteiger partial charge in [-0.2, -0.15) is 0 Å². The Hall–Kier alpha value is -1.55. The van der Waals surface area contributed by atoms with Gasteiger partial charge in [0.1, 0.15) is 0 Å². The van der Waals surface area contributed by atoms with Gasteiger partial charge in [0.2, 0.25) is 0 Å². The number of halogens is 1. The Morgan fingerprint density at radius 3 is 2.92 bits per heavy atom. The van der Waals surface area contributed by atoms with Gasteiger partial charge in [-0.05, 0) is 67.0 Å². The molecule has 2 aliphatic heterocycles. The maximum absolute atomic E-state index is 10.1. The van der Waals surface area contributed by atoms with Crippen molar-refractivity contribution < 1.29 is 9.84 Å². The molecule has 0 bridgehead atoms. The lowest BCUT2D eigenvalue weighted by molar-refractivity contribution is -0.0895. The van der Waals surface area contributed by atoms with Gasteiger partial charge in [-0.25, -0.2) is 0 Å². The third-order valence-corrected chi connectivity index (χ3v) is 5.80. The molecule has 0 aromatic heterocycles. The minimum Gasteiger partial charge on any atom is -0.393 e. The first-order valence-electron chi connectivity index (χ1n) is 9.56. The summed E-state index contributed by atoms with van der Waals surface area (Å²) in [5.74, 6) is 0. The van der Waals surface area contributed by atoms with Crippen LogP contribution < -0.4 is 5.32 Å². The van der Waals surface area contributed by atoms with E-state index < -0.39 is 0 Å². The Morgan fingerprint density at radius 1 is 1.19 bits per heavy atom. The molecule has 3 nitrogen and oxygen atoms in total. The number of rotatable bonds is 3. The lowest BCUT2D eigenvalue weighted by Gasteiger charge is -2.32. The number of nitrogens with one attached hydrogen (secondary N) is 1. The fourth-order valence-corrected chi connectivity index (χ4v) is 4.29. The highest BCUT2D eigenvalue weighted by molar-refractivity contribution is 6.31. The van der Waals surface area contributed by atoms with Gasteiger partial charge in [0, 0.05) is 23.7 Å². The molecule has 0 saturated carbocycles. The molecule has 1 fully saturated rings. The Morgan fingerprint density at radius 2 is 2.08 bits per heavy atom. The first-order valence-corrected chi connectivity index (χ1v) is 9.94. The summed E-state index contributed by atoms with van der Waals surface area (Å²) in [6, 6.07) is 12.8. The van der Waals surface area contributed by atoms with Crippen LogP contribution in [0.15, 0.2) is 36.4 Å². The van der Waals surface area contributed by atoms with Crippen LogP contribution in [0.3, 0.4) is 0 Å². The summed E-state index contributed by atoms with van der Waals surface area (Å²) >= 11 is 6.48. The van der Waals surface area contributed by atoms with Gasteiger partial charge in [0.05, 0.1) is 18.3 Å². The third-order valence-electron chi connectivity index (χ3n) is 5.44. The van der Waals surface area contributed by atoms with Crippen molar-refractivity contribution in [1.29, 1.82) is 0 Å². The van der Waals surface area contributed by atoms with Crippen molar-refractivity contribution in [2.24, 2.45) is 0 Å². The first kappa shape index (κ1) is 17.8. The number of fused-ring (bicyclic) bond motifs is 1. The Kier molecular flexibility index (Phi) is 5.21. The zero-order valence-electron chi connectivity index (χ0n) is 15.2. The summed E-state index contributed by atoms with van der Waals surface area (Å²) in [7, 11) is 0. The quantitative estimate of drug-likeness (QED) is 0.807. The van der Waals surface area contributed by atoms with E-state index in [0.717, 1.165) is 35.5 Å². The summed E-state index contributed by atoms with van der Waals surface area (Å²) in [5, 5.41) is 14.3. The fourth-order valence-electron chi connectivity index (χ4n) is 4.10. The monoisotopic (exact) mass is 371 g/mol. The summed E-state index contributed by atoms with van der Waals surface area (Å²) in [4.78, 5) is 0. The fraction of sp³-hybridized carbons (Fsp3) is 0.455. The number of aliphatic hydroxyl groups excluding tert-OH is 1. The predicted octanol–water partition coefficient (Wildman–Crippen LogP) is 4.89. The van der Waals surface area contributed by atoms with E-state index >= 15 is 0 Å². The first-order chi connectivity index (χ1) is 12.6. The zero-order chi connectivity index (χ0) is 18.1. The van der Waals surface area contributed by atoms with Crippen molar-refractivity contribution in [3.63, 3.8) is 0 Å². The Balaban J connectivity index is 1.57. The van der Waals surface area contributed by atoms with E-state index in [2.05, 4.69) is 29.6 Å². The molecule has 2 N–H and O–H groups in total. The highest BCUT2D eigenvalue weighted by Gasteiger charge is 2.27. The molecule has 2 aliphatic rings. The maximum Gasteiger partial charge on any atom is 0.0853 e. The van der Waals surface area contributed by atoms with Gasteiger partial charge in [-0.15, -0.1) is 0 Å². The van der Waals surface area contributed by atoms with Crippen molar-refractivity contribution in [2.45, 2.75) is 57.3 Å². The van der Waals surface area contributed by atoms with Crippen LogP contribution in [0, 0.1) is 0 Å². The zero-order valence-corrected chi connectivity index (χ0v) is 15.9. The molecule has 4 rings (SSSR count). The standard InChI is InChI=1S/C22H26ClNO2/c1-14-9-19(25)13-22(26-14)17-6-7-20(23)18(12-17)10-15-4-5-16-3-2-8-24-21(16)11-15/h4-7,11-12,14,19,22,24-25H,2-3,8-10,13H2,1H3. The number of aliphatic hydroxyl groups is 1. The number of hydrogen-bond donors (Lipinski definition) is 2. The van der Waals surface area contributed by atoms with Crippen LogP contribution >= 0.6 is 11.6 Å². The van der Waals surface area contributed by atoms with Crippen LogP contribution in [-0.2, 0) is 17.6 Å². The highest BCUT2D eigenvalue weighted by atomic mass is 35.5. The molecular formula is C22H26ClNO2. The SMILES string of the molecule is CC1CC(O)CC(c2ccc(Cl)c(Cc3ccc4c(c3)NCCC4)c2)O1. The van der Waals surface area contributed by atoms with Crippen LogP contribution in [-0.4, -0.2) is 23.9 Å². The lowest BCUT2D eigenvalue weighted by atomic mass is 9.93.